The number of nitrogens with one attached hydrogen (secondary N) is 1. The summed E-state index contributed by atoms with van der Waals surface area (Å²) in [5.41, 5.74) is -0.327. The predicted molar refractivity (Wildman–Crippen MR) is 90.0 cm³/mol. The zero-order chi connectivity index (χ0) is 18.4. The molecule has 0 fully saturated rings. The SMILES string of the molecule is COc1cccc(NC(=O)COC(=O)c2ccc(Cl)cc2[N+](=O)[O-])c1. The number of rotatable bonds is 6. The Morgan fingerprint density at radius 2 is 2.00 bits per heavy atom. The third kappa shape index (κ3) is 4.92. The highest BCUT2D eigenvalue weighted by Crippen LogP contribution is 2.24. The minimum Gasteiger partial charge on any atom is -0.497 e. The molecule has 0 bridgehead atoms. The van der Waals surface area contributed by atoms with Crippen LogP contribution in [0.2, 0.25) is 5.02 Å². The molecule has 2 aromatic carbocycles. The number of nitro groups is 1. The molecule has 8 nitrogen and oxygen atoms in total. The van der Waals surface area contributed by atoms with E-state index in [-0.39, 0.29) is 10.6 Å². The maximum Gasteiger partial charge on any atom is 0.345 e. The number of anilines is 1. The van der Waals surface area contributed by atoms with Crippen molar-refractivity contribution in [1.82, 2.24) is 0 Å². The van der Waals surface area contributed by atoms with Gasteiger partial charge in [0.15, 0.2) is 6.61 Å². The Kier molecular flexibility index (Phi) is 5.91. The van der Waals surface area contributed by atoms with Crippen molar-refractivity contribution in [1.29, 1.82) is 0 Å². The van der Waals surface area contributed by atoms with Crippen LogP contribution in [-0.4, -0.2) is 30.5 Å². The van der Waals surface area contributed by atoms with Crippen LogP contribution >= 0.6 is 11.6 Å². The Morgan fingerprint density at radius 1 is 1.24 bits per heavy atom. The summed E-state index contributed by atoms with van der Waals surface area (Å²) in [6, 6.07) is 10.1. The number of nitro benzene ring substituents is 1. The van der Waals surface area contributed by atoms with Gasteiger partial charge in [-0.1, -0.05) is 17.7 Å². The molecule has 2 aromatic rings. The number of esters is 1. The number of nitrogens with zero attached hydrogens (tertiary/aromatic N) is 1. The van der Waals surface area contributed by atoms with Gasteiger partial charge in [-0.25, -0.2) is 4.79 Å². The standard InChI is InChI=1S/C16H13ClN2O6/c1-24-12-4-2-3-11(8-12)18-15(20)9-25-16(21)13-6-5-10(17)7-14(13)19(22)23/h2-8H,9H2,1H3,(H,18,20). The third-order valence-electron chi connectivity index (χ3n) is 3.06. The van der Waals surface area contributed by atoms with Crippen LogP contribution in [0.5, 0.6) is 5.75 Å². The van der Waals surface area contributed by atoms with Crippen molar-refractivity contribution in [2.45, 2.75) is 0 Å². The molecule has 1 N–H and O–H groups in total. The molecule has 2 rings (SSSR count). The molecule has 0 spiro atoms. The van der Waals surface area contributed by atoms with Gasteiger partial charge >= 0.3 is 5.97 Å². The number of benzene rings is 2. The fourth-order valence-electron chi connectivity index (χ4n) is 1.94. The highest BCUT2D eigenvalue weighted by Gasteiger charge is 2.22. The van der Waals surface area contributed by atoms with Crippen molar-refractivity contribution < 1.29 is 24.0 Å². The molecule has 0 heterocycles. The molecule has 0 saturated carbocycles. The molecule has 25 heavy (non-hydrogen) atoms. The first-order chi connectivity index (χ1) is 11.9. The number of amides is 1. The smallest absolute Gasteiger partial charge is 0.345 e. The maximum absolute atomic E-state index is 12.0. The fourth-order valence-corrected chi connectivity index (χ4v) is 2.10. The molecule has 0 aliphatic carbocycles. The molecule has 0 unspecified atom stereocenters. The maximum atomic E-state index is 12.0. The number of hydrogen-bond acceptors (Lipinski definition) is 6. The summed E-state index contributed by atoms with van der Waals surface area (Å²) >= 11 is 5.68. The summed E-state index contributed by atoms with van der Waals surface area (Å²) in [7, 11) is 1.49. The van der Waals surface area contributed by atoms with E-state index >= 15 is 0 Å². The van der Waals surface area contributed by atoms with Gasteiger partial charge in [0, 0.05) is 22.8 Å². The summed E-state index contributed by atoms with van der Waals surface area (Å²) in [5.74, 6) is -1.05. The van der Waals surface area contributed by atoms with Crippen LogP contribution in [0, 0.1) is 10.1 Å². The molecule has 0 aliphatic heterocycles. The number of halogens is 1. The second-order valence-electron chi connectivity index (χ2n) is 4.77. The Balaban J connectivity index is 2.00. The molecule has 9 heteroatoms. The lowest BCUT2D eigenvalue weighted by atomic mass is 10.2. The van der Waals surface area contributed by atoms with Gasteiger partial charge in [-0.05, 0) is 24.3 Å². The molecular formula is C16H13ClN2O6. The second-order valence-corrected chi connectivity index (χ2v) is 5.21. The van der Waals surface area contributed by atoms with Crippen molar-refractivity contribution >= 4 is 34.9 Å². The lowest BCUT2D eigenvalue weighted by Gasteiger charge is -2.08. The molecular weight excluding hydrogens is 352 g/mol. The van der Waals surface area contributed by atoms with Crippen LogP contribution in [0.25, 0.3) is 0 Å². The Bertz CT molecular complexity index is 824. The topological polar surface area (TPSA) is 108 Å². The van der Waals surface area contributed by atoms with E-state index in [1.807, 2.05) is 0 Å². The Labute approximate surface area is 147 Å². The average molecular weight is 365 g/mol. The molecule has 0 atom stereocenters. The predicted octanol–water partition coefficient (Wildman–Crippen LogP) is 3.05. The zero-order valence-electron chi connectivity index (χ0n) is 13.0. The van der Waals surface area contributed by atoms with E-state index in [0.29, 0.717) is 11.4 Å². The number of methoxy groups -OCH3 is 1. The van der Waals surface area contributed by atoms with E-state index in [1.54, 1.807) is 24.3 Å². The van der Waals surface area contributed by atoms with E-state index < -0.39 is 29.1 Å². The van der Waals surface area contributed by atoms with Crippen LogP contribution in [-0.2, 0) is 9.53 Å². The van der Waals surface area contributed by atoms with Crippen molar-refractivity contribution in [2.24, 2.45) is 0 Å². The Morgan fingerprint density at radius 3 is 2.68 bits per heavy atom. The summed E-state index contributed by atoms with van der Waals surface area (Å²) in [4.78, 5) is 34.0. The van der Waals surface area contributed by atoms with E-state index in [1.165, 1.54) is 19.2 Å². The number of carbonyl (C=O) groups is 2. The third-order valence-corrected chi connectivity index (χ3v) is 3.30. The largest absolute Gasteiger partial charge is 0.497 e. The van der Waals surface area contributed by atoms with Crippen LogP contribution in [0.4, 0.5) is 11.4 Å². The van der Waals surface area contributed by atoms with Gasteiger partial charge in [-0.2, -0.15) is 0 Å². The molecule has 130 valence electrons. The molecule has 0 radical (unpaired) electrons. The molecule has 1 amide bonds. The van der Waals surface area contributed by atoms with Crippen molar-refractivity contribution in [3.8, 4) is 5.75 Å². The highest BCUT2D eigenvalue weighted by atomic mass is 35.5. The first-order valence-corrected chi connectivity index (χ1v) is 7.33. The first-order valence-electron chi connectivity index (χ1n) is 6.95. The van der Waals surface area contributed by atoms with E-state index in [2.05, 4.69) is 5.32 Å². The minimum atomic E-state index is -0.996. The Hall–Kier alpha value is -3.13. The average Bonchev–Trinajstić information content (AvgIpc) is 2.59. The van der Waals surface area contributed by atoms with Crippen molar-refractivity contribution in [2.75, 3.05) is 19.0 Å². The van der Waals surface area contributed by atoms with Crippen LogP contribution in [0.1, 0.15) is 10.4 Å². The number of hydrogen-bond donors (Lipinski definition) is 1. The monoisotopic (exact) mass is 364 g/mol. The number of ether oxygens (including phenoxy) is 2. The zero-order valence-corrected chi connectivity index (χ0v) is 13.8. The van der Waals surface area contributed by atoms with Crippen molar-refractivity contribution in [3.63, 3.8) is 0 Å². The lowest BCUT2D eigenvalue weighted by Crippen LogP contribution is -2.21. The van der Waals surface area contributed by atoms with E-state index in [0.717, 1.165) is 6.07 Å². The van der Waals surface area contributed by atoms with Crippen molar-refractivity contribution in [3.05, 3.63) is 63.2 Å². The van der Waals surface area contributed by atoms with Crippen LogP contribution in [0.3, 0.4) is 0 Å². The van der Waals surface area contributed by atoms with Gasteiger partial charge in [0.05, 0.1) is 12.0 Å². The summed E-state index contributed by atoms with van der Waals surface area (Å²) in [6.45, 7) is -0.601. The normalized spacial score (nSPS) is 10.0. The minimum absolute atomic E-state index is 0.110. The fraction of sp³-hybridized carbons (Fsp3) is 0.125. The molecule has 0 aliphatic rings. The summed E-state index contributed by atoms with van der Waals surface area (Å²) in [6.07, 6.45) is 0. The second kappa shape index (κ2) is 8.11. The highest BCUT2D eigenvalue weighted by molar-refractivity contribution is 6.31. The molecule has 0 saturated heterocycles. The van der Waals surface area contributed by atoms with E-state index in [4.69, 9.17) is 21.1 Å². The summed E-state index contributed by atoms with van der Waals surface area (Å²) < 4.78 is 9.85. The van der Waals surface area contributed by atoms with Gasteiger partial charge in [0.1, 0.15) is 11.3 Å². The van der Waals surface area contributed by atoms with Gasteiger partial charge < -0.3 is 14.8 Å². The summed E-state index contributed by atoms with van der Waals surface area (Å²) in [5, 5.41) is 13.6. The van der Waals surface area contributed by atoms with Gasteiger partial charge in [0.2, 0.25) is 0 Å². The van der Waals surface area contributed by atoms with E-state index in [9.17, 15) is 19.7 Å². The van der Waals surface area contributed by atoms with Crippen LogP contribution < -0.4 is 10.1 Å². The van der Waals surface area contributed by atoms with Crippen LogP contribution in [0.15, 0.2) is 42.5 Å². The molecule has 0 aromatic heterocycles. The van der Waals surface area contributed by atoms with Gasteiger partial charge in [-0.15, -0.1) is 0 Å². The number of carbonyl (C=O) groups excluding carboxylic acids is 2. The van der Waals surface area contributed by atoms with Gasteiger partial charge in [-0.3, -0.25) is 14.9 Å². The lowest BCUT2D eigenvalue weighted by molar-refractivity contribution is -0.385. The van der Waals surface area contributed by atoms with Gasteiger partial charge in [0.25, 0.3) is 11.6 Å². The quantitative estimate of drug-likeness (QED) is 0.479. The first kappa shape index (κ1) is 18.2.